The minimum absolute atomic E-state index is 0.252. The van der Waals surface area contributed by atoms with Crippen LogP contribution in [0.4, 0.5) is 0 Å². The Kier molecular flexibility index (Phi) is 32.6. The molecule has 0 saturated carbocycles. The number of carbonyl (C=O) groups excluding carboxylic acids is 3. The smallest absolute Gasteiger partial charge is 0.313 e. The SMILES string of the molecule is CCCCCCCCCCCCCCCCCC(=O)OC(=O)CCCCCCCCCCCCCCCC(=O)C(O)CO. The number of hydrogen-bond donors (Lipinski definition) is 2. The Morgan fingerprint density at radius 2 is 0.698 bits per heavy atom. The number of rotatable bonds is 34. The number of hydrogen-bond acceptors (Lipinski definition) is 6. The summed E-state index contributed by atoms with van der Waals surface area (Å²) < 4.78 is 5.00. The fourth-order valence-corrected chi connectivity index (χ4v) is 5.65. The summed E-state index contributed by atoms with van der Waals surface area (Å²) in [5.74, 6) is -0.966. The van der Waals surface area contributed by atoms with Crippen LogP contribution in [0.15, 0.2) is 0 Å². The van der Waals surface area contributed by atoms with Gasteiger partial charge >= 0.3 is 11.9 Å². The number of ether oxygens (including phenoxy) is 1. The third-order valence-electron chi connectivity index (χ3n) is 8.56. The maximum Gasteiger partial charge on any atom is 0.313 e. The van der Waals surface area contributed by atoms with Crippen molar-refractivity contribution in [2.24, 2.45) is 0 Å². The van der Waals surface area contributed by atoms with Crippen molar-refractivity contribution in [3.63, 3.8) is 0 Å². The number of esters is 2. The fourth-order valence-electron chi connectivity index (χ4n) is 5.65. The predicted octanol–water partition coefficient (Wildman–Crippen LogP) is 10.1. The molecule has 0 aromatic rings. The van der Waals surface area contributed by atoms with E-state index in [0.29, 0.717) is 19.3 Å². The molecule has 43 heavy (non-hydrogen) atoms. The zero-order chi connectivity index (χ0) is 31.6. The lowest BCUT2D eigenvalue weighted by Gasteiger charge is -2.06. The van der Waals surface area contributed by atoms with Gasteiger partial charge in [0.05, 0.1) is 6.61 Å². The van der Waals surface area contributed by atoms with E-state index in [9.17, 15) is 19.5 Å². The monoisotopic (exact) mass is 611 g/mol. The molecule has 0 aromatic carbocycles. The van der Waals surface area contributed by atoms with E-state index in [1.807, 2.05) is 0 Å². The van der Waals surface area contributed by atoms with Crippen LogP contribution in [0.3, 0.4) is 0 Å². The van der Waals surface area contributed by atoms with Gasteiger partial charge in [-0.25, -0.2) is 0 Å². The maximum atomic E-state index is 11.9. The lowest BCUT2D eigenvalue weighted by molar-refractivity contribution is -0.159. The van der Waals surface area contributed by atoms with Gasteiger partial charge in [0.2, 0.25) is 0 Å². The molecule has 0 bridgehead atoms. The van der Waals surface area contributed by atoms with E-state index < -0.39 is 12.7 Å². The molecule has 0 spiro atoms. The second-order valence-corrected chi connectivity index (χ2v) is 12.8. The third kappa shape index (κ3) is 31.9. The van der Waals surface area contributed by atoms with Crippen molar-refractivity contribution in [1.29, 1.82) is 0 Å². The van der Waals surface area contributed by atoms with Crippen LogP contribution in [0.5, 0.6) is 0 Å². The highest BCUT2D eigenvalue weighted by molar-refractivity contribution is 5.85. The number of aliphatic hydroxyl groups is 2. The first-order valence-electron chi connectivity index (χ1n) is 18.6. The van der Waals surface area contributed by atoms with Gasteiger partial charge in [-0.15, -0.1) is 0 Å². The van der Waals surface area contributed by atoms with Crippen molar-refractivity contribution >= 4 is 17.7 Å². The Morgan fingerprint density at radius 1 is 0.442 bits per heavy atom. The van der Waals surface area contributed by atoms with Crippen molar-refractivity contribution in [2.75, 3.05) is 6.61 Å². The summed E-state index contributed by atoms with van der Waals surface area (Å²) in [6.45, 7) is 1.79. The minimum atomic E-state index is -1.20. The van der Waals surface area contributed by atoms with Gasteiger partial charge in [0, 0.05) is 19.3 Å². The molecule has 254 valence electrons. The first-order valence-corrected chi connectivity index (χ1v) is 18.6. The van der Waals surface area contributed by atoms with Gasteiger partial charge in [-0.3, -0.25) is 14.4 Å². The van der Waals surface area contributed by atoms with Gasteiger partial charge in [-0.05, 0) is 19.3 Å². The summed E-state index contributed by atoms with van der Waals surface area (Å²) in [4.78, 5) is 35.3. The molecule has 6 nitrogen and oxygen atoms in total. The topological polar surface area (TPSA) is 101 Å². The maximum absolute atomic E-state index is 11.9. The molecule has 0 radical (unpaired) electrons. The molecule has 0 amide bonds. The van der Waals surface area contributed by atoms with E-state index in [1.54, 1.807) is 0 Å². The van der Waals surface area contributed by atoms with E-state index >= 15 is 0 Å². The summed E-state index contributed by atoms with van der Waals surface area (Å²) in [6.07, 6.45) is 33.8. The molecule has 2 N–H and O–H groups in total. The van der Waals surface area contributed by atoms with Crippen LogP contribution < -0.4 is 0 Å². The average molecular weight is 611 g/mol. The molecular formula is C37H70O6. The molecule has 6 heteroatoms. The highest BCUT2D eigenvalue weighted by atomic mass is 16.6. The van der Waals surface area contributed by atoms with Gasteiger partial charge in [0.15, 0.2) is 5.78 Å². The second kappa shape index (κ2) is 33.6. The molecule has 1 atom stereocenters. The van der Waals surface area contributed by atoms with Gasteiger partial charge in [-0.1, -0.05) is 167 Å². The van der Waals surface area contributed by atoms with Crippen LogP contribution in [-0.4, -0.2) is 40.6 Å². The molecule has 0 aliphatic heterocycles. The largest absolute Gasteiger partial charge is 0.393 e. The van der Waals surface area contributed by atoms with Gasteiger partial charge in [-0.2, -0.15) is 0 Å². The van der Waals surface area contributed by atoms with Crippen molar-refractivity contribution in [2.45, 2.75) is 212 Å². The van der Waals surface area contributed by atoms with Crippen LogP contribution >= 0.6 is 0 Å². The fraction of sp³-hybridized carbons (Fsp3) is 0.919. The number of ketones is 1. The van der Waals surface area contributed by atoms with E-state index in [2.05, 4.69) is 6.92 Å². The second-order valence-electron chi connectivity index (χ2n) is 12.8. The van der Waals surface area contributed by atoms with Crippen molar-refractivity contribution in [3.05, 3.63) is 0 Å². The van der Waals surface area contributed by atoms with Gasteiger partial charge in [0.25, 0.3) is 0 Å². The highest BCUT2D eigenvalue weighted by Gasteiger charge is 2.12. The Hall–Kier alpha value is -1.27. The molecule has 0 heterocycles. The lowest BCUT2D eigenvalue weighted by Crippen LogP contribution is -2.23. The van der Waals surface area contributed by atoms with Crippen molar-refractivity contribution < 1.29 is 29.3 Å². The predicted molar refractivity (Wildman–Crippen MR) is 178 cm³/mol. The number of unbranched alkanes of at least 4 members (excludes halogenated alkanes) is 26. The van der Waals surface area contributed by atoms with E-state index in [0.717, 1.165) is 51.4 Å². The number of aliphatic hydroxyl groups excluding tert-OH is 2. The minimum Gasteiger partial charge on any atom is -0.393 e. The van der Waals surface area contributed by atoms with Gasteiger partial charge < -0.3 is 14.9 Å². The molecular weight excluding hydrogens is 540 g/mol. The standard InChI is InChI=1S/C37H70O6/c1-2-3-4-5-6-7-8-9-10-13-16-19-22-25-28-31-36(41)43-37(42)32-29-26-23-20-17-14-11-12-15-18-21-24-27-30-34(39)35(40)33-38/h35,38,40H,2-33H2,1H3. The quantitative estimate of drug-likeness (QED) is 0.0427. The van der Waals surface area contributed by atoms with Crippen LogP contribution in [0.2, 0.25) is 0 Å². The molecule has 0 fully saturated rings. The van der Waals surface area contributed by atoms with Crippen molar-refractivity contribution in [1.82, 2.24) is 0 Å². The van der Waals surface area contributed by atoms with E-state index in [4.69, 9.17) is 9.84 Å². The lowest BCUT2D eigenvalue weighted by atomic mass is 10.0. The van der Waals surface area contributed by atoms with Crippen LogP contribution in [0, 0.1) is 0 Å². The molecule has 0 rings (SSSR count). The highest BCUT2D eigenvalue weighted by Crippen LogP contribution is 2.15. The first kappa shape index (κ1) is 41.7. The molecule has 1 unspecified atom stereocenters. The zero-order valence-electron chi connectivity index (χ0n) is 28.2. The zero-order valence-corrected chi connectivity index (χ0v) is 28.2. The van der Waals surface area contributed by atoms with E-state index in [1.165, 1.54) is 128 Å². The van der Waals surface area contributed by atoms with E-state index in [-0.39, 0.29) is 17.7 Å². The summed E-state index contributed by atoms with van der Waals surface area (Å²) in [5.41, 5.74) is 0. The number of Topliss-reactive ketones (excluding diaryl/α,β-unsaturated/α-hetero) is 1. The average Bonchev–Trinajstić information content (AvgIpc) is 3.00. The first-order chi connectivity index (χ1) is 21.0. The Bertz CT molecular complexity index is 635. The number of carbonyl (C=O) groups is 3. The summed E-state index contributed by atoms with van der Waals surface area (Å²) in [7, 11) is 0. The summed E-state index contributed by atoms with van der Waals surface area (Å²) in [6, 6.07) is 0. The Morgan fingerprint density at radius 3 is 0.977 bits per heavy atom. The summed E-state index contributed by atoms with van der Waals surface area (Å²) >= 11 is 0. The van der Waals surface area contributed by atoms with Crippen LogP contribution in [0.25, 0.3) is 0 Å². The summed E-state index contributed by atoms with van der Waals surface area (Å²) in [5, 5.41) is 18.0. The molecule has 0 aliphatic carbocycles. The van der Waals surface area contributed by atoms with Crippen LogP contribution in [-0.2, 0) is 19.1 Å². The molecule has 0 aromatic heterocycles. The molecule has 0 saturated heterocycles. The Labute approximate surface area is 265 Å². The van der Waals surface area contributed by atoms with Crippen molar-refractivity contribution in [3.8, 4) is 0 Å². The molecule has 0 aliphatic rings. The van der Waals surface area contributed by atoms with Gasteiger partial charge in [0.1, 0.15) is 6.10 Å². The third-order valence-corrected chi connectivity index (χ3v) is 8.56. The Balaban J connectivity index is 3.31. The normalized spacial score (nSPS) is 12.0. The van der Waals surface area contributed by atoms with Crippen LogP contribution in [0.1, 0.15) is 206 Å².